The molecular formula is C22H22ClN6O7S2+. The molecule has 2 aromatic heterocycles. The van der Waals surface area contributed by atoms with E-state index in [0.717, 1.165) is 16.2 Å². The maximum atomic E-state index is 13.2. The summed E-state index contributed by atoms with van der Waals surface area (Å²) in [6.07, 6.45) is 3.57. The third kappa shape index (κ3) is 5.30. The zero-order valence-electron chi connectivity index (χ0n) is 20.0. The predicted octanol–water partition coefficient (Wildman–Crippen LogP) is 0.689. The van der Waals surface area contributed by atoms with Crippen molar-refractivity contribution in [3.63, 3.8) is 0 Å². The molecule has 0 aliphatic carbocycles. The summed E-state index contributed by atoms with van der Waals surface area (Å²) in [6, 6.07) is 4.37. The lowest BCUT2D eigenvalue weighted by Gasteiger charge is -2.49. The summed E-state index contributed by atoms with van der Waals surface area (Å²) in [5.41, 5.74) is 3.67. The number of nitrogens with two attached hydrogens (primary N) is 1. The highest BCUT2D eigenvalue weighted by atomic mass is 35.5. The molecule has 2 aliphatic rings. The van der Waals surface area contributed by atoms with Gasteiger partial charge in [0.2, 0.25) is 5.60 Å². The Kier molecular flexibility index (Phi) is 7.62. The van der Waals surface area contributed by atoms with Crippen LogP contribution in [0.3, 0.4) is 0 Å². The van der Waals surface area contributed by atoms with Crippen LogP contribution in [0.4, 0.5) is 5.13 Å². The number of nitrogens with zero attached hydrogens (tertiary/aromatic N) is 4. The van der Waals surface area contributed by atoms with E-state index in [-0.39, 0.29) is 27.4 Å². The Hall–Kier alpha value is -3.69. The van der Waals surface area contributed by atoms with E-state index in [1.807, 2.05) is 18.2 Å². The highest BCUT2D eigenvalue weighted by Gasteiger charge is 2.55. The maximum Gasteiger partial charge on any atom is 0.352 e. The average Bonchev–Trinajstić information content (AvgIpc) is 3.19. The molecule has 4 rings (SSSR count). The van der Waals surface area contributed by atoms with Crippen LogP contribution in [0.25, 0.3) is 0 Å². The maximum absolute atomic E-state index is 13.2. The van der Waals surface area contributed by atoms with Crippen LogP contribution in [0.2, 0.25) is 4.34 Å². The first kappa shape index (κ1) is 27.3. The predicted molar refractivity (Wildman–Crippen MR) is 137 cm³/mol. The van der Waals surface area contributed by atoms with E-state index in [1.165, 1.54) is 25.6 Å². The van der Waals surface area contributed by atoms with Crippen molar-refractivity contribution in [3.05, 3.63) is 51.9 Å². The Morgan fingerprint density at radius 3 is 2.58 bits per heavy atom. The number of halogens is 1. The third-order valence-corrected chi connectivity index (χ3v) is 8.03. The summed E-state index contributed by atoms with van der Waals surface area (Å²) >= 11 is 8.31. The number of carboxylic acids is 2. The number of carbonyl (C=O) groups excluding carboxylic acids is 2. The summed E-state index contributed by atoms with van der Waals surface area (Å²) in [4.78, 5) is 60.0. The van der Waals surface area contributed by atoms with Gasteiger partial charge in [-0.25, -0.2) is 19.1 Å². The monoisotopic (exact) mass is 581 g/mol. The number of aromatic nitrogens is 2. The topological polar surface area (TPSA) is 188 Å². The zero-order valence-corrected chi connectivity index (χ0v) is 22.3. The lowest BCUT2D eigenvalue weighted by Crippen LogP contribution is -2.71. The van der Waals surface area contributed by atoms with E-state index in [0.29, 0.717) is 11.3 Å². The number of thioether (sulfide) groups is 1. The van der Waals surface area contributed by atoms with Crippen LogP contribution in [0.1, 0.15) is 19.5 Å². The van der Waals surface area contributed by atoms with Crippen molar-refractivity contribution in [2.45, 2.75) is 37.4 Å². The number of aliphatic carboxylic acids is 2. The smallest absolute Gasteiger partial charge is 0.352 e. The molecule has 13 nitrogen and oxygen atoms in total. The molecule has 2 aromatic rings. The number of pyridine rings is 1. The molecule has 2 aliphatic heterocycles. The van der Waals surface area contributed by atoms with Crippen molar-refractivity contribution >= 4 is 69.3 Å². The molecule has 200 valence electrons. The van der Waals surface area contributed by atoms with Crippen LogP contribution >= 0.6 is 34.7 Å². The minimum atomic E-state index is -1.80. The van der Waals surface area contributed by atoms with Crippen LogP contribution in [-0.4, -0.2) is 72.3 Å². The fraction of sp³-hybridized carbons (Fsp3) is 0.318. The van der Waals surface area contributed by atoms with E-state index in [1.54, 1.807) is 17.0 Å². The molecule has 0 aromatic carbocycles. The number of hydrogen-bond acceptors (Lipinski definition) is 10. The number of hydrogen-bond donors (Lipinski definition) is 4. The molecule has 38 heavy (non-hydrogen) atoms. The molecule has 0 saturated carbocycles. The number of nitrogen functional groups attached to an aromatic ring is 1. The Balaban J connectivity index is 1.58. The highest BCUT2D eigenvalue weighted by Crippen LogP contribution is 2.40. The Morgan fingerprint density at radius 2 is 2.00 bits per heavy atom. The summed E-state index contributed by atoms with van der Waals surface area (Å²) in [7, 11) is 0. The minimum absolute atomic E-state index is 0.000820. The number of rotatable bonds is 9. The van der Waals surface area contributed by atoms with Gasteiger partial charge in [-0.2, -0.15) is 0 Å². The van der Waals surface area contributed by atoms with Crippen LogP contribution < -0.4 is 15.6 Å². The fourth-order valence-corrected chi connectivity index (χ4v) is 5.89. The Labute approximate surface area is 228 Å². The molecule has 5 N–H and O–H groups in total. The lowest BCUT2D eigenvalue weighted by atomic mass is 10.0. The van der Waals surface area contributed by atoms with E-state index in [9.17, 15) is 29.4 Å². The summed E-state index contributed by atoms with van der Waals surface area (Å²) < 4.78 is 1.80. The van der Waals surface area contributed by atoms with Crippen LogP contribution in [0.15, 0.2) is 47.0 Å². The number of oxime groups is 1. The molecule has 0 bridgehead atoms. The number of fused-ring (bicyclic) bond motifs is 1. The molecule has 2 amide bonds. The second-order valence-corrected chi connectivity index (χ2v) is 11.4. The van der Waals surface area contributed by atoms with Gasteiger partial charge in [0.15, 0.2) is 29.8 Å². The number of β-lactam (4-membered cyclic amide) rings is 1. The van der Waals surface area contributed by atoms with Crippen LogP contribution in [0, 0.1) is 0 Å². The number of amides is 2. The third-order valence-electron chi connectivity index (χ3n) is 5.61. The van der Waals surface area contributed by atoms with Gasteiger partial charge in [0.25, 0.3) is 11.8 Å². The summed E-state index contributed by atoms with van der Waals surface area (Å²) in [5, 5.41) is 24.7. The van der Waals surface area contributed by atoms with Crippen molar-refractivity contribution in [3.8, 4) is 0 Å². The molecule has 0 spiro atoms. The molecular weight excluding hydrogens is 560 g/mol. The van der Waals surface area contributed by atoms with Gasteiger partial charge in [-0.15, -0.1) is 11.8 Å². The van der Waals surface area contributed by atoms with E-state index >= 15 is 0 Å². The molecule has 0 radical (unpaired) electrons. The number of carbonyl (C=O) groups is 4. The van der Waals surface area contributed by atoms with E-state index < -0.39 is 46.5 Å². The van der Waals surface area contributed by atoms with Crippen molar-refractivity contribution in [2.75, 3.05) is 11.5 Å². The van der Waals surface area contributed by atoms with Crippen LogP contribution in [-0.2, 0) is 30.6 Å². The molecule has 2 unspecified atom stereocenters. The molecule has 1 saturated heterocycles. The number of nitrogens with one attached hydrogen (secondary N) is 1. The van der Waals surface area contributed by atoms with Crippen molar-refractivity contribution in [1.82, 2.24) is 15.2 Å². The average molecular weight is 582 g/mol. The number of carboxylic acid groups (broad SMARTS) is 2. The number of anilines is 1. The fourth-order valence-electron chi connectivity index (χ4n) is 3.63. The first-order valence-electron chi connectivity index (χ1n) is 11.0. The molecule has 2 atom stereocenters. The Morgan fingerprint density at radius 1 is 1.32 bits per heavy atom. The molecule has 1 fully saturated rings. The zero-order chi connectivity index (χ0) is 27.8. The van der Waals surface area contributed by atoms with Gasteiger partial charge in [-0.1, -0.05) is 34.2 Å². The first-order chi connectivity index (χ1) is 17.9. The Bertz CT molecular complexity index is 1380. The summed E-state index contributed by atoms with van der Waals surface area (Å²) in [5.74, 6) is -3.83. The quantitative estimate of drug-likeness (QED) is 0.142. The van der Waals surface area contributed by atoms with Gasteiger partial charge in [0, 0.05) is 23.5 Å². The standard InChI is InChI=1S/C22H21ClN6O7S2/c1-22(2,20(34)35)36-27-12(11-15(23)38-21(24)26-11)16(30)25-13-17(31)29-14(19(32)33)10(9-37-18(13)29)8-28-6-4-3-5-7-28/h3-7,13,18H,8-9H2,1-2H3,(H4-,24,25,26,30,32,33,34,35)/p+1. The van der Waals surface area contributed by atoms with Gasteiger partial charge in [-0.05, 0) is 13.8 Å². The highest BCUT2D eigenvalue weighted by molar-refractivity contribution is 8.00. The second-order valence-electron chi connectivity index (χ2n) is 8.69. The molecule has 16 heteroatoms. The van der Waals surface area contributed by atoms with Gasteiger partial charge >= 0.3 is 11.9 Å². The van der Waals surface area contributed by atoms with Crippen molar-refractivity contribution < 1.29 is 38.8 Å². The van der Waals surface area contributed by atoms with Crippen LogP contribution in [0.5, 0.6) is 0 Å². The van der Waals surface area contributed by atoms with Gasteiger partial charge < -0.3 is 26.1 Å². The summed E-state index contributed by atoms with van der Waals surface area (Å²) in [6.45, 7) is 2.73. The van der Waals surface area contributed by atoms with Gasteiger partial charge in [-0.3, -0.25) is 14.5 Å². The van der Waals surface area contributed by atoms with Gasteiger partial charge in [0.05, 0.1) is 0 Å². The first-order valence-corrected chi connectivity index (χ1v) is 13.2. The van der Waals surface area contributed by atoms with E-state index in [4.69, 9.17) is 22.2 Å². The molecule has 4 heterocycles. The minimum Gasteiger partial charge on any atom is -0.478 e. The van der Waals surface area contributed by atoms with E-state index in [2.05, 4.69) is 15.5 Å². The van der Waals surface area contributed by atoms with Crippen molar-refractivity contribution in [2.24, 2.45) is 5.16 Å². The lowest BCUT2D eigenvalue weighted by molar-refractivity contribution is -0.689. The number of thiazole rings is 1. The second kappa shape index (κ2) is 10.6. The van der Waals surface area contributed by atoms with Gasteiger partial charge in [0.1, 0.15) is 27.1 Å². The largest absolute Gasteiger partial charge is 0.478 e. The van der Waals surface area contributed by atoms with Crippen molar-refractivity contribution in [1.29, 1.82) is 0 Å². The SMILES string of the molecule is CC(C)(ON=C(C(=O)NC1C(=O)N2C(C(=O)O)=C(C[n+]3ccccc3)CSC12)c1nc(N)sc1Cl)C(=O)O. The normalized spacial score (nSPS) is 19.5.